The Hall–Kier alpha value is -2.88. The standard InChI is InChI=1S/C17H13N3O/c1-21-14-9-6-13(7-10-14)17-18-16-11-8-12-4-2-3-5-15(12)20(16)19-17/h2-11H,1H3. The molecule has 4 heteroatoms. The fourth-order valence-corrected chi connectivity index (χ4v) is 2.46. The van der Waals surface area contributed by atoms with Crippen LogP contribution in [-0.2, 0) is 0 Å². The van der Waals surface area contributed by atoms with Gasteiger partial charge in [-0.3, -0.25) is 0 Å². The van der Waals surface area contributed by atoms with Gasteiger partial charge in [0.2, 0.25) is 0 Å². The first-order valence-electron chi connectivity index (χ1n) is 6.74. The Kier molecular flexibility index (Phi) is 2.60. The van der Waals surface area contributed by atoms with Gasteiger partial charge in [0.25, 0.3) is 0 Å². The third kappa shape index (κ3) is 1.92. The Morgan fingerprint density at radius 3 is 2.52 bits per heavy atom. The molecule has 2 heterocycles. The van der Waals surface area contributed by atoms with E-state index in [1.165, 1.54) is 0 Å². The SMILES string of the molecule is COc1ccc(-c2nc3ccc4ccccc4n3n2)cc1. The molecule has 0 aliphatic carbocycles. The fourth-order valence-electron chi connectivity index (χ4n) is 2.46. The van der Waals surface area contributed by atoms with Crippen LogP contribution < -0.4 is 4.74 Å². The van der Waals surface area contributed by atoms with E-state index in [0.29, 0.717) is 5.82 Å². The molecule has 0 N–H and O–H groups in total. The number of fused-ring (bicyclic) bond motifs is 3. The van der Waals surface area contributed by atoms with Crippen molar-refractivity contribution in [3.05, 3.63) is 60.7 Å². The number of ether oxygens (including phenoxy) is 1. The first-order valence-corrected chi connectivity index (χ1v) is 6.74. The van der Waals surface area contributed by atoms with E-state index in [-0.39, 0.29) is 0 Å². The van der Waals surface area contributed by atoms with E-state index in [0.717, 1.165) is 27.9 Å². The molecule has 0 atom stereocenters. The van der Waals surface area contributed by atoms with Gasteiger partial charge < -0.3 is 4.74 Å². The molecule has 0 aliphatic rings. The minimum Gasteiger partial charge on any atom is -0.497 e. The normalized spacial score (nSPS) is 11.1. The Morgan fingerprint density at radius 2 is 1.71 bits per heavy atom. The summed E-state index contributed by atoms with van der Waals surface area (Å²) in [5, 5.41) is 5.78. The number of para-hydroxylation sites is 1. The lowest BCUT2D eigenvalue weighted by atomic mass is 10.2. The van der Waals surface area contributed by atoms with Crippen LogP contribution in [0.25, 0.3) is 27.9 Å². The quantitative estimate of drug-likeness (QED) is 0.561. The van der Waals surface area contributed by atoms with E-state index in [2.05, 4.69) is 28.3 Å². The zero-order valence-corrected chi connectivity index (χ0v) is 11.5. The zero-order valence-electron chi connectivity index (χ0n) is 11.5. The van der Waals surface area contributed by atoms with Crippen molar-refractivity contribution in [3.8, 4) is 17.1 Å². The van der Waals surface area contributed by atoms with Crippen molar-refractivity contribution in [3.63, 3.8) is 0 Å². The lowest BCUT2D eigenvalue weighted by Crippen LogP contribution is -1.90. The lowest BCUT2D eigenvalue weighted by molar-refractivity contribution is 0.415. The summed E-state index contributed by atoms with van der Waals surface area (Å²) in [6.45, 7) is 0. The minimum atomic E-state index is 0.717. The monoisotopic (exact) mass is 275 g/mol. The topological polar surface area (TPSA) is 39.4 Å². The summed E-state index contributed by atoms with van der Waals surface area (Å²) >= 11 is 0. The molecule has 21 heavy (non-hydrogen) atoms. The average molecular weight is 275 g/mol. The van der Waals surface area contributed by atoms with Crippen molar-refractivity contribution < 1.29 is 4.74 Å². The van der Waals surface area contributed by atoms with Crippen LogP contribution in [0, 0.1) is 0 Å². The maximum Gasteiger partial charge on any atom is 0.182 e. The van der Waals surface area contributed by atoms with E-state index >= 15 is 0 Å². The summed E-state index contributed by atoms with van der Waals surface area (Å²) in [6, 6.07) is 20.0. The molecule has 0 spiro atoms. The molecule has 0 unspecified atom stereocenters. The van der Waals surface area contributed by atoms with Crippen LogP contribution in [0.4, 0.5) is 0 Å². The highest BCUT2D eigenvalue weighted by Crippen LogP contribution is 2.22. The molecular formula is C17H13N3O. The highest BCUT2D eigenvalue weighted by molar-refractivity contribution is 5.81. The van der Waals surface area contributed by atoms with Crippen LogP contribution >= 0.6 is 0 Å². The van der Waals surface area contributed by atoms with Crippen LogP contribution in [0.2, 0.25) is 0 Å². The summed E-state index contributed by atoms with van der Waals surface area (Å²) in [5.41, 5.74) is 2.88. The van der Waals surface area contributed by atoms with E-state index in [4.69, 9.17) is 4.74 Å². The molecule has 4 nitrogen and oxygen atoms in total. The van der Waals surface area contributed by atoms with Crippen molar-refractivity contribution in [2.24, 2.45) is 0 Å². The molecule has 2 aromatic carbocycles. The number of hydrogen-bond acceptors (Lipinski definition) is 3. The van der Waals surface area contributed by atoms with Crippen LogP contribution in [0.3, 0.4) is 0 Å². The molecule has 0 bridgehead atoms. The molecule has 102 valence electrons. The van der Waals surface area contributed by atoms with Crippen molar-refractivity contribution >= 4 is 16.6 Å². The van der Waals surface area contributed by atoms with E-state index in [1.807, 2.05) is 47.0 Å². The van der Waals surface area contributed by atoms with Crippen molar-refractivity contribution in [1.82, 2.24) is 14.6 Å². The molecule has 0 amide bonds. The molecule has 0 saturated carbocycles. The smallest absolute Gasteiger partial charge is 0.182 e. The Bertz CT molecular complexity index is 926. The second-order valence-electron chi connectivity index (χ2n) is 4.83. The maximum atomic E-state index is 5.18. The summed E-state index contributed by atoms with van der Waals surface area (Å²) < 4.78 is 7.06. The van der Waals surface area contributed by atoms with Gasteiger partial charge in [0.05, 0.1) is 12.6 Å². The molecule has 4 aromatic rings. The maximum absolute atomic E-state index is 5.18. The predicted octanol–water partition coefficient (Wildman–Crippen LogP) is 3.56. The molecule has 0 saturated heterocycles. The minimum absolute atomic E-state index is 0.717. The van der Waals surface area contributed by atoms with Gasteiger partial charge >= 0.3 is 0 Å². The molecule has 0 radical (unpaired) electrons. The lowest BCUT2D eigenvalue weighted by Gasteiger charge is -1.99. The summed E-state index contributed by atoms with van der Waals surface area (Å²) in [5.74, 6) is 1.54. The largest absolute Gasteiger partial charge is 0.497 e. The zero-order chi connectivity index (χ0) is 14.2. The average Bonchev–Trinajstić information content (AvgIpc) is 2.99. The Morgan fingerprint density at radius 1 is 0.905 bits per heavy atom. The first kappa shape index (κ1) is 11.9. The second-order valence-corrected chi connectivity index (χ2v) is 4.83. The number of benzene rings is 2. The number of aromatic nitrogens is 3. The van der Waals surface area contributed by atoms with Gasteiger partial charge in [-0.05, 0) is 42.5 Å². The van der Waals surface area contributed by atoms with E-state index in [9.17, 15) is 0 Å². The molecule has 0 aliphatic heterocycles. The fraction of sp³-hybridized carbons (Fsp3) is 0.0588. The van der Waals surface area contributed by atoms with Crippen molar-refractivity contribution in [2.45, 2.75) is 0 Å². The number of methoxy groups -OCH3 is 1. The number of rotatable bonds is 2. The van der Waals surface area contributed by atoms with Crippen LogP contribution in [0.1, 0.15) is 0 Å². The van der Waals surface area contributed by atoms with E-state index < -0.39 is 0 Å². The number of nitrogens with zero attached hydrogens (tertiary/aromatic N) is 3. The molecular weight excluding hydrogens is 262 g/mol. The summed E-state index contributed by atoms with van der Waals surface area (Å²) in [7, 11) is 1.66. The first-order chi connectivity index (χ1) is 10.3. The van der Waals surface area contributed by atoms with Crippen LogP contribution in [0.5, 0.6) is 5.75 Å². The number of hydrogen-bond donors (Lipinski definition) is 0. The van der Waals surface area contributed by atoms with Gasteiger partial charge in [-0.2, -0.15) is 0 Å². The van der Waals surface area contributed by atoms with Gasteiger partial charge in [0.15, 0.2) is 11.5 Å². The van der Waals surface area contributed by atoms with Crippen LogP contribution in [0.15, 0.2) is 60.7 Å². The third-order valence-corrected chi connectivity index (χ3v) is 3.56. The molecule has 2 aromatic heterocycles. The van der Waals surface area contributed by atoms with Gasteiger partial charge in [-0.1, -0.05) is 18.2 Å². The summed E-state index contributed by atoms with van der Waals surface area (Å²) in [6.07, 6.45) is 0. The van der Waals surface area contributed by atoms with Gasteiger partial charge in [-0.25, -0.2) is 9.50 Å². The third-order valence-electron chi connectivity index (χ3n) is 3.56. The Balaban J connectivity index is 1.91. The summed E-state index contributed by atoms with van der Waals surface area (Å²) in [4.78, 5) is 4.60. The van der Waals surface area contributed by atoms with Gasteiger partial charge in [-0.15, -0.1) is 5.10 Å². The highest BCUT2D eigenvalue weighted by atomic mass is 16.5. The second kappa shape index (κ2) is 4.59. The molecule has 0 fully saturated rings. The van der Waals surface area contributed by atoms with Crippen LogP contribution in [-0.4, -0.2) is 21.7 Å². The predicted molar refractivity (Wildman–Crippen MR) is 82.5 cm³/mol. The van der Waals surface area contributed by atoms with Crippen molar-refractivity contribution in [2.75, 3.05) is 7.11 Å². The van der Waals surface area contributed by atoms with Gasteiger partial charge in [0, 0.05) is 10.9 Å². The Labute approximate surface area is 121 Å². The molecule has 4 rings (SSSR count). The highest BCUT2D eigenvalue weighted by Gasteiger charge is 2.08. The van der Waals surface area contributed by atoms with Crippen molar-refractivity contribution in [1.29, 1.82) is 0 Å². The number of pyridine rings is 1. The van der Waals surface area contributed by atoms with E-state index in [1.54, 1.807) is 7.11 Å². The van der Waals surface area contributed by atoms with Gasteiger partial charge in [0.1, 0.15) is 5.75 Å².